The molecule has 9 nitrogen and oxygen atoms in total. The van der Waals surface area contributed by atoms with Gasteiger partial charge in [-0.15, -0.1) is 6.42 Å². The van der Waals surface area contributed by atoms with Crippen molar-refractivity contribution in [3.8, 4) is 12.3 Å². The van der Waals surface area contributed by atoms with Gasteiger partial charge in [-0.2, -0.15) is 0 Å². The first kappa shape index (κ1) is 31.5. The lowest BCUT2D eigenvalue weighted by molar-refractivity contribution is -0.144. The van der Waals surface area contributed by atoms with Crippen molar-refractivity contribution in [3.05, 3.63) is 35.4 Å². The zero-order valence-electron chi connectivity index (χ0n) is 22.9. The van der Waals surface area contributed by atoms with Gasteiger partial charge in [0.1, 0.15) is 17.7 Å². The van der Waals surface area contributed by atoms with E-state index in [0.717, 1.165) is 19.3 Å². The molecule has 4 amide bonds. The van der Waals surface area contributed by atoms with E-state index < -0.39 is 41.6 Å². The summed E-state index contributed by atoms with van der Waals surface area (Å²) in [6, 6.07) is 4.30. The van der Waals surface area contributed by atoms with Crippen LogP contribution in [0.25, 0.3) is 0 Å². The molecule has 1 rings (SSSR count). The predicted molar refractivity (Wildman–Crippen MR) is 143 cm³/mol. The molecule has 0 bridgehead atoms. The fourth-order valence-electron chi connectivity index (χ4n) is 3.74. The van der Waals surface area contributed by atoms with E-state index >= 15 is 0 Å². The van der Waals surface area contributed by atoms with Gasteiger partial charge in [0.05, 0.1) is 0 Å². The number of nitrogens with zero attached hydrogens (tertiary/aromatic N) is 1. The molecule has 1 aromatic carbocycles. The maximum Gasteiger partial charge on any atom is 0.408 e. The fourth-order valence-corrected chi connectivity index (χ4v) is 3.74. The average molecular weight is 515 g/mol. The number of hydrogen-bond acceptors (Lipinski definition) is 5. The molecule has 0 spiro atoms. The second-order valence-electron chi connectivity index (χ2n) is 10.2. The molecular formula is C28H42N4O5. The van der Waals surface area contributed by atoms with Gasteiger partial charge in [0, 0.05) is 24.6 Å². The van der Waals surface area contributed by atoms with E-state index in [-0.39, 0.29) is 18.7 Å². The van der Waals surface area contributed by atoms with Crippen molar-refractivity contribution < 1.29 is 23.9 Å². The van der Waals surface area contributed by atoms with E-state index in [0.29, 0.717) is 17.7 Å². The lowest BCUT2D eigenvalue weighted by atomic mass is 9.99. The SMILES string of the molecule is C#Cc1ccc(C(C(=O)NCCCCC)N(C(=O)C(CCC(N)=O)NC(=O)OC(C)(C)C)C(C)C)cc1. The van der Waals surface area contributed by atoms with Crippen molar-refractivity contribution in [1.82, 2.24) is 15.5 Å². The van der Waals surface area contributed by atoms with Crippen molar-refractivity contribution in [3.63, 3.8) is 0 Å². The molecule has 1 aromatic rings. The Balaban J connectivity index is 3.42. The first-order valence-corrected chi connectivity index (χ1v) is 12.7. The van der Waals surface area contributed by atoms with Gasteiger partial charge in [-0.05, 0) is 65.2 Å². The zero-order valence-corrected chi connectivity index (χ0v) is 22.9. The molecule has 0 aromatic heterocycles. The highest BCUT2D eigenvalue weighted by atomic mass is 16.6. The van der Waals surface area contributed by atoms with Crippen molar-refractivity contribution in [1.29, 1.82) is 0 Å². The van der Waals surface area contributed by atoms with E-state index in [9.17, 15) is 19.2 Å². The fraction of sp³-hybridized carbons (Fsp3) is 0.571. The number of benzene rings is 1. The van der Waals surface area contributed by atoms with Crippen LogP contribution in [0.3, 0.4) is 0 Å². The van der Waals surface area contributed by atoms with Gasteiger partial charge in [0.25, 0.3) is 0 Å². The summed E-state index contributed by atoms with van der Waals surface area (Å²) < 4.78 is 5.32. The lowest BCUT2D eigenvalue weighted by Crippen LogP contribution is -2.55. The van der Waals surface area contributed by atoms with Gasteiger partial charge < -0.3 is 26.0 Å². The van der Waals surface area contributed by atoms with E-state index in [1.54, 1.807) is 58.9 Å². The molecule has 0 aliphatic heterocycles. The summed E-state index contributed by atoms with van der Waals surface area (Å²) in [7, 11) is 0. The van der Waals surface area contributed by atoms with Crippen LogP contribution in [0.15, 0.2) is 24.3 Å². The minimum atomic E-state index is -1.13. The Morgan fingerprint density at radius 2 is 1.73 bits per heavy atom. The standard InChI is InChI=1S/C28H42N4O5/c1-8-10-11-18-30-25(34)24(21-14-12-20(9-2)13-15-21)32(19(3)4)26(35)22(16-17-23(29)33)31-27(36)37-28(5,6)7/h2,12-15,19,22,24H,8,10-11,16-18H2,1,3-7H3,(H2,29,33)(H,30,34)(H,31,36). The number of nitrogens with two attached hydrogens (primary N) is 1. The molecule has 0 saturated carbocycles. The summed E-state index contributed by atoms with van der Waals surface area (Å²) in [5.74, 6) is 1.05. The Morgan fingerprint density at radius 1 is 1.11 bits per heavy atom. The molecule has 204 valence electrons. The third-order valence-corrected chi connectivity index (χ3v) is 5.48. The summed E-state index contributed by atoms with van der Waals surface area (Å²) in [5.41, 5.74) is 5.74. The first-order chi connectivity index (χ1) is 17.3. The maximum atomic E-state index is 13.9. The van der Waals surface area contributed by atoms with Crippen LogP contribution in [0, 0.1) is 12.3 Å². The minimum Gasteiger partial charge on any atom is -0.444 e. The summed E-state index contributed by atoms with van der Waals surface area (Å²) in [4.78, 5) is 52.9. The zero-order chi connectivity index (χ0) is 28.2. The molecule has 9 heteroatoms. The van der Waals surface area contributed by atoms with E-state index in [1.807, 2.05) is 0 Å². The number of hydrogen-bond donors (Lipinski definition) is 3. The summed E-state index contributed by atoms with van der Waals surface area (Å²) in [5, 5.41) is 5.51. The molecule has 0 aliphatic rings. The normalized spacial score (nSPS) is 12.7. The second-order valence-corrected chi connectivity index (χ2v) is 10.2. The number of carbonyl (C=O) groups is 4. The molecule has 2 atom stereocenters. The van der Waals surface area contributed by atoms with Gasteiger partial charge in [0.15, 0.2) is 0 Å². The van der Waals surface area contributed by atoms with Gasteiger partial charge in [0.2, 0.25) is 17.7 Å². The molecule has 0 saturated heterocycles. The Labute approximate surface area is 220 Å². The lowest BCUT2D eigenvalue weighted by Gasteiger charge is -2.37. The molecule has 0 fully saturated rings. The largest absolute Gasteiger partial charge is 0.444 e. The molecule has 0 heterocycles. The second kappa shape index (κ2) is 14.9. The van der Waals surface area contributed by atoms with Crippen LogP contribution < -0.4 is 16.4 Å². The Bertz CT molecular complexity index is 960. The molecule has 0 aliphatic carbocycles. The maximum absolute atomic E-state index is 13.9. The number of alkyl carbamates (subject to hydrolysis) is 1. The average Bonchev–Trinajstić information content (AvgIpc) is 2.81. The number of ether oxygens (including phenoxy) is 1. The highest BCUT2D eigenvalue weighted by molar-refractivity contribution is 5.92. The van der Waals surface area contributed by atoms with Gasteiger partial charge in [-0.3, -0.25) is 14.4 Å². The third kappa shape index (κ3) is 10.9. The van der Waals surface area contributed by atoms with Crippen molar-refractivity contribution >= 4 is 23.8 Å². The summed E-state index contributed by atoms with van der Waals surface area (Å²) >= 11 is 0. The van der Waals surface area contributed by atoms with Crippen LogP contribution in [0.1, 0.15) is 90.8 Å². The van der Waals surface area contributed by atoms with Crippen molar-refractivity contribution in [2.24, 2.45) is 5.73 Å². The Morgan fingerprint density at radius 3 is 2.22 bits per heavy atom. The van der Waals surface area contributed by atoms with E-state index in [1.165, 1.54) is 4.90 Å². The molecular weight excluding hydrogens is 472 g/mol. The van der Waals surface area contributed by atoms with Crippen molar-refractivity contribution in [2.45, 2.75) is 97.4 Å². The molecule has 37 heavy (non-hydrogen) atoms. The topological polar surface area (TPSA) is 131 Å². The number of nitrogens with one attached hydrogen (secondary N) is 2. The van der Waals surface area contributed by atoms with Gasteiger partial charge in [-0.25, -0.2) is 4.79 Å². The quantitative estimate of drug-likeness (QED) is 0.274. The minimum absolute atomic E-state index is 0.0441. The molecule has 0 radical (unpaired) electrons. The van der Waals surface area contributed by atoms with Crippen LogP contribution in [0.2, 0.25) is 0 Å². The Hall–Kier alpha value is -3.54. The van der Waals surface area contributed by atoms with Gasteiger partial charge >= 0.3 is 6.09 Å². The van der Waals surface area contributed by atoms with Crippen LogP contribution in [-0.4, -0.2) is 52.9 Å². The molecule has 4 N–H and O–H groups in total. The van der Waals surface area contributed by atoms with E-state index in [4.69, 9.17) is 16.9 Å². The first-order valence-electron chi connectivity index (χ1n) is 12.7. The van der Waals surface area contributed by atoms with E-state index in [2.05, 4.69) is 23.5 Å². The highest BCUT2D eigenvalue weighted by Gasteiger charge is 2.37. The highest BCUT2D eigenvalue weighted by Crippen LogP contribution is 2.26. The van der Waals surface area contributed by atoms with Crippen LogP contribution in [0.5, 0.6) is 0 Å². The summed E-state index contributed by atoms with van der Waals surface area (Å²) in [6.07, 6.45) is 7.27. The van der Waals surface area contributed by atoms with Crippen LogP contribution >= 0.6 is 0 Å². The van der Waals surface area contributed by atoms with Crippen LogP contribution in [0.4, 0.5) is 4.79 Å². The number of carbonyl (C=O) groups excluding carboxylic acids is 4. The third-order valence-electron chi connectivity index (χ3n) is 5.48. The monoisotopic (exact) mass is 514 g/mol. The summed E-state index contributed by atoms with van der Waals surface area (Å²) in [6.45, 7) is 11.2. The number of terminal acetylenes is 1. The predicted octanol–water partition coefficient (Wildman–Crippen LogP) is 3.41. The molecule has 2 unspecified atom stereocenters. The van der Waals surface area contributed by atoms with Crippen molar-refractivity contribution in [2.75, 3.05) is 6.54 Å². The number of unbranched alkanes of at least 4 members (excludes halogenated alkanes) is 2. The van der Waals surface area contributed by atoms with Crippen LogP contribution in [-0.2, 0) is 19.1 Å². The smallest absolute Gasteiger partial charge is 0.408 e. The number of rotatable bonds is 13. The van der Waals surface area contributed by atoms with Gasteiger partial charge in [-0.1, -0.05) is 37.8 Å². The Kier molecular flexibility index (Phi) is 12.7. The number of primary amides is 1. The number of amides is 4.